The molecule has 238 valence electrons. The third kappa shape index (κ3) is 8.52. The van der Waals surface area contributed by atoms with Crippen molar-refractivity contribution in [3.05, 3.63) is 89.5 Å². The Bertz CT molecular complexity index is 1530. The molecule has 0 aliphatic heterocycles. The number of hydrogen-bond acceptors (Lipinski definition) is 5. The summed E-state index contributed by atoms with van der Waals surface area (Å²) in [4.78, 5) is 28.6. The summed E-state index contributed by atoms with van der Waals surface area (Å²) in [5.74, 6) is -0.608. The quantitative estimate of drug-likeness (QED) is 0.252. The molecular weight excluding hydrogens is 595 g/mol. The Hall–Kier alpha value is -4.06. The van der Waals surface area contributed by atoms with Crippen LogP contribution in [0, 0.1) is 6.92 Å². The van der Waals surface area contributed by atoms with E-state index in [-0.39, 0.29) is 29.6 Å². The van der Waals surface area contributed by atoms with E-state index in [4.69, 9.17) is 4.74 Å². The maximum Gasteiger partial charge on any atom is 0.416 e. The molecule has 0 aliphatic carbocycles. The number of carbonyl (C=O) groups is 2. The number of sulfonamides is 1. The van der Waals surface area contributed by atoms with Gasteiger partial charge in [-0.3, -0.25) is 13.9 Å². The average Bonchev–Trinajstić information content (AvgIpc) is 2.99. The van der Waals surface area contributed by atoms with Gasteiger partial charge in [-0.25, -0.2) is 8.42 Å². The van der Waals surface area contributed by atoms with Crippen molar-refractivity contribution in [1.82, 2.24) is 10.2 Å². The Balaban J connectivity index is 2.12. The molecule has 2 amide bonds. The fourth-order valence-electron chi connectivity index (χ4n) is 4.49. The summed E-state index contributed by atoms with van der Waals surface area (Å²) in [6, 6.07) is 15.2. The standard InChI is InChI=1S/C32H38F3N3O5S/c1-6-23(4)36-31(40)29(7-2)37(20-24-13-15-27(43-5)16-14-24)30(39)21-38(26-10-8-9-25(19-26)32(33,34)35)44(41,42)28-17-11-22(3)12-18-28/h8-19,23,29H,6-7,20-21H2,1-5H3,(H,36,40)/t23-,29+/m0/s1. The van der Waals surface area contributed by atoms with E-state index in [9.17, 15) is 31.2 Å². The third-order valence-electron chi connectivity index (χ3n) is 7.25. The van der Waals surface area contributed by atoms with Gasteiger partial charge in [-0.2, -0.15) is 13.2 Å². The van der Waals surface area contributed by atoms with Crippen LogP contribution in [0.25, 0.3) is 0 Å². The Labute approximate surface area is 256 Å². The number of halogens is 3. The van der Waals surface area contributed by atoms with Crippen LogP contribution in [0.2, 0.25) is 0 Å². The van der Waals surface area contributed by atoms with Gasteiger partial charge in [0.25, 0.3) is 10.0 Å². The van der Waals surface area contributed by atoms with Crippen LogP contribution < -0.4 is 14.4 Å². The zero-order chi connectivity index (χ0) is 32.7. The molecule has 3 aromatic rings. The molecule has 3 aromatic carbocycles. The molecular formula is C32H38F3N3O5S. The van der Waals surface area contributed by atoms with Crippen LogP contribution in [-0.4, -0.2) is 50.9 Å². The normalized spacial score (nSPS) is 13.1. The summed E-state index contributed by atoms with van der Waals surface area (Å²) < 4.78 is 74.7. The van der Waals surface area contributed by atoms with Gasteiger partial charge in [0, 0.05) is 12.6 Å². The lowest BCUT2D eigenvalue weighted by atomic mass is 10.1. The largest absolute Gasteiger partial charge is 0.497 e. The molecule has 0 spiro atoms. The summed E-state index contributed by atoms with van der Waals surface area (Å²) in [7, 11) is -3.01. The van der Waals surface area contributed by atoms with Crippen molar-refractivity contribution in [2.75, 3.05) is 18.0 Å². The fraction of sp³-hybridized carbons (Fsp3) is 0.375. The highest BCUT2D eigenvalue weighted by atomic mass is 32.2. The van der Waals surface area contributed by atoms with Crippen LogP contribution in [-0.2, 0) is 32.3 Å². The van der Waals surface area contributed by atoms with E-state index in [1.54, 1.807) is 50.2 Å². The number of nitrogens with zero attached hydrogens (tertiary/aromatic N) is 2. The minimum Gasteiger partial charge on any atom is -0.497 e. The van der Waals surface area contributed by atoms with Crippen molar-refractivity contribution in [1.29, 1.82) is 0 Å². The van der Waals surface area contributed by atoms with E-state index in [2.05, 4.69) is 5.32 Å². The second-order valence-electron chi connectivity index (χ2n) is 10.5. The molecule has 0 radical (unpaired) electrons. The number of carbonyl (C=O) groups excluding carboxylic acids is 2. The van der Waals surface area contributed by atoms with Gasteiger partial charge in [-0.05, 0) is 74.7 Å². The van der Waals surface area contributed by atoms with Crippen molar-refractivity contribution in [3.63, 3.8) is 0 Å². The molecule has 2 atom stereocenters. The van der Waals surface area contributed by atoms with Crippen LogP contribution >= 0.6 is 0 Å². The first kappa shape index (κ1) is 34.4. The number of ether oxygens (including phenoxy) is 1. The maximum atomic E-state index is 14.1. The second kappa shape index (κ2) is 14.6. The number of amides is 2. The molecule has 0 aliphatic rings. The van der Waals surface area contributed by atoms with Crippen LogP contribution in [0.15, 0.2) is 77.7 Å². The zero-order valence-electron chi connectivity index (χ0n) is 25.4. The predicted octanol–water partition coefficient (Wildman–Crippen LogP) is 5.94. The SMILES string of the molecule is CC[C@H](C(=O)N[C@@H](C)CC)N(Cc1ccc(OC)cc1)C(=O)CN(c1cccc(C(F)(F)F)c1)S(=O)(=O)c1ccc(C)cc1. The molecule has 0 fully saturated rings. The van der Waals surface area contributed by atoms with E-state index >= 15 is 0 Å². The van der Waals surface area contributed by atoms with Crippen molar-refractivity contribution in [2.24, 2.45) is 0 Å². The minimum atomic E-state index is -4.75. The molecule has 12 heteroatoms. The molecule has 0 bridgehead atoms. The van der Waals surface area contributed by atoms with Crippen molar-refractivity contribution >= 4 is 27.5 Å². The van der Waals surface area contributed by atoms with E-state index in [0.29, 0.717) is 28.1 Å². The number of anilines is 1. The first-order chi connectivity index (χ1) is 20.7. The topological polar surface area (TPSA) is 96.0 Å². The minimum absolute atomic E-state index is 0.0593. The summed E-state index contributed by atoms with van der Waals surface area (Å²) in [5, 5.41) is 2.88. The average molecular weight is 634 g/mol. The van der Waals surface area contributed by atoms with E-state index in [0.717, 1.165) is 17.7 Å². The summed E-state index contributed by atoms with van der Waals surface area (Å²) in [6.07, 6.45) is -3.90. The van der Waals surface area contributed by atoms with Crippen molar-refractivity contribution < 1.29 is 35.9 Å². The van der Waals surface area contributed by atoms with E-state index in [1.807, 2.05) is 13.8 Å². The second-order valence-corrected chi connectivity index (χ2v) is 12.3. The van der Waals surface area contributed by atoms with Crippen LogP contribution in [0.5, 0.6) is 5.75 Å². The smallest absolute Gasteiger partial charge is 0.416 e. The van der Waals surface area contributed by atoms with Crippen molar-refractivity contribution in [2.45, 2.75) is 70.2 Å². The van der Waals surface area contributed by atoms with Gasteiger partial charge in [0.05, 0.1) is 23.3 Å². The monoisotopic (exact) mass is 633 g/mol. The van der Waals surface area contributed by atoms with Crippen LogP contribution in [0.1, 0.15) is 50.3 Å². The van der Waals surface area contributed by atoms with Gasteiger partial charge < -0.3 is 15.0 Å². The van der Waals surface area contributed by atoms with Gasteiger partial charge in [0.2, 0.25) is 11.8 Å². The number of hydrogen-bond donors (Lipinski definition) is 1. The summed E-state index contributed by atoms with van der Waals surface area (Å²) >= 11 is 0. The predicted molar refractivity (Wildman–Crippen MR) is 163 cm³/mol. The van der Waals surface area contributed by atoms with E-state index < -0.39 is 46.2 Å². The lowest BCUT2D eigenvalue weighted by Crippen LogP contribution is -2.53. The number of benzene rings is 3. The van der Waals surface area contributed by atoms with Gasteiger partial charge in [0.15, 0.2) is 0 Å². The Morgan fingerprint density at radius 1 is 0.955 bits per heavy atom. The maximum absolute atomic E-state index is 14.1. The number of aryl methyl sites for hydroxylation is 1. The molecule has 1 N–H and O–H groups in total. The molecule has 3 rings (SSSR count). The first-order valence-corrected chi connectivity index (χ1v) is 15.6. The summed E-state index contributed by atoms with van der Waals surface area (Å²) in [5.41, 5.74) is 0.00614. The Kier molecular flexibility index (Phi) is 11.4. The lowest BCUT2D eigenvalue weighted by Gasteiger charge is -2.34. The Morgan fingerprint density at radius 3 is 2.14 bits per heavy atom. The number of rotatable bonds is 13. The van der Waals surface area contributed by atoms with Crippen LogP contribution in [0.4, 0.5) is 18.9 Å². The highest BCUT2D eigenvalue weighted by Gasteiger charge is 2.36. The molecule has 8 nitrogen and oxygen atoms in total. The highest BCUT2D eigenvalue weighted by Crippen LogP contribution is 2.33. The lowest BCUT2D eigenvalue weighted by molar-refractivity contribution is -0.140. The van der Waals surface area contributed by atoms with Gasteiger partial charge in [-0.15, -0.1) is 0 Å². The fourth-order valence-corrected chi connectivity index (χ4v) is 5.90. The third-order valence-corrected chi connectivity index (χ3v) is 9.04. The van der Waals surface area contributed by atoms with Crippen molar-refractivity contribution in [3.8, 4) is 5.75 Å². The zero-order valence-corrected chi connectivity index (χ0v) is 26.2. The molecule has 0 unspecified atom stereocenters. The highest BCUT2D eigenvalue weighted by molar-refractivity contribution is 7.92. The first-order valence-electron chi connectivity index (χ1n) is 14.2. The summed E-state index contributed by atoms with van der Waals surface area (Å²) in [6.45, 7) is 6.30. The molecule has 44 heavy (non-hydrogen) atoms. The molecule has 0 saturated carbocycles. The Morgan fingerprint density at radius 2 is 1.59 bits per heavy atom. The van der Waals surface area contributed by atoms with Gasteiger partial charge in [-0.1, -0.05) is 49.7 Å². The molecule has 0 aromatic heterocycles. The molecule has 0 saturated heterocycles. The van der Waals surface area contributed by atoms with Gasteiger partial charge >= 0.3 is 6.18 Å². The number of methoxy groups -OCH3 is 1. The van der Waals surface area contributed by atoms with Crippen LogP contribution in [0.3, 0.4) is 0 Å². The van der Waals surface area contributed by atoms with E-state index in [1.165, 1.54) is 30.2 Å². The number of alkyl halides is 3. The van der Waals surface area contributed by atoms with Gasteiger partial charge in [0.1, 0.15) is 18.3 Å². The molecule has 0 heterocycles. The number of nitrogens with one attached hydrogen (secondary N) is 1.